The van der Waals surface area contributed by atoms with Crippen molar-refractivity contribution in [2.24, 2.45) is 0 Å². The second-order valence-corrected chi connectivity index (χ2v) is 4.62. The lowest BCUT2D eigenvalue weighted by Crippen LogP contribution is -2.25. The van der Waals surface area contributed by atoms with Gasteiger partial charge in [0.2, 0.25) is 5.88 Å². The van der Waals surface area contributed by atoms with E-state index in [1.54, 1.807) is 6.20 Å². The Kier molecular flexibility index (Phi) is 3.69. The van der Waals surface area contributed by atoms with Crippen LogP contribution in [0.25, 0.3) is 0 Å². The highest BCUT2D eigenvalue weighted by Crippen LogP contribution is 2.25. The summed E-state index contributed by atoms with van der Waals surface area (Å²) in [5, 5.41) is 3.19. The quantitative estimate of drug-likeness (QED) is 0.829. The van der Waals surface area contributed by atoms with Gasteiger partial charge >= 0.3 is 0 Å². The van der Waals surface area contributed by atoms with Crippen LogP contribution in [0.3, 0.4) is 0 Å². The normalized spacial score (nSPS) is 13.7. The fraction of sp³-hybridized carbons (Fsp3) is 0.583. The Hall–Kier alpha value is -1.09. The average molecular weight is 208 g/mol. The lowest BCUT2D eigenvalue weighted by molar-refractivity contribution is 0.121. The third kappa shape index (κ3) is 3.51. The van der Waals surface area contributed by atoms with Crippen molar-refractivity contribution in [2.45, 2.75) is 39.3 Å². The maximum Gasteiger partial charge on any atom is 0.218 e. The molecule has 0 radical (unpaired) electrons. The van der Waals surface area contributed by atoms with E-state index in [0.717, 1.165) is 5.56 Å². The summed E-state index contributed by atoms with van der Waals surface area (Å²) in [6, 6.07) is 4.21. The average Bonchev–Trinajstić information content (AvgIpc) is 2.15. The Labute approximate surface area is 91.9 Å². The van der Waals surface area contributed by atoms with E-state index in [4.69, 9.17) is 4.74 Å². The summed E-state index contributed by atoms with van der Waals surface area (Å²) in [5.74, 6) is 0.715. The van der Waals surface area contributed by atoms with Gasteiger partial charge in [0.15, 0.2) is 0 Å². The minimum Gasteiger partial charge on any atom is -0.472 e. The molecular weight excluding hydrogens is 188 g/mol. The summed E-state index contributed by atoms with van der Waals surface area (Å²) in [5.41, 5.74) is 0.881. The molecule has 1 atom stereocenters. The third-order valence-electron chi connectivity index (χ3n) is 2.10. The summed E-state index contributed by atoms with van der Waals surface area (Å²) >= 11 is 0. The molecule has 84 valence electrons. The molecule has 1 aromatic rings. The Bertz CT molecular complexity index is 318. The van der Waals surface area contributed by atoms with Crippen LogP contribution in [0.2, 0.25) is 0 Å². The minimum atomic E-state index is -0.212. The first kappa shape index (κ1) is 12.0. The van der Waals surface area contributed by atoms with E-state index >= 15 is 0 Å². The van der Waals surface area contributed by atoms with Gasteiger partial charge in [-0.2, -0.15) is 0 Å². The number of nitrogens with zero attached hydrogens (tertiary/aromatic N) is 1. The molecule has 15 heavy (non-hydrogen) atoms. The monoisotopic (exact) mass is 208 g/mol. The van der Waals surface area contributed by atoms with Gasteiger partial charge in [-0.05, 0) is 40.8 Å². The topological polar surface area (TPSA) is 34.2 Å². The van der Waals surface area contributed by atoms with Crippen molar-refractivity contribution >= 4 is 0 Å². The van der Waals surface area contributed by atoms with Crippen molar-refractivity contribution < 1.29 is 4.74 Å². The van der Waals surface area contributed by atoms with Crippen LogP contribution in [0, 0.1) is 0 Å². The molecule has 0 amide bonds. The molecule has 0 fully saturated rings. The fourth-order valence-electron chi connectivity index (χ4n) is 1.26. The van der Waals surface area contributed by atoms with Crippen LogP contribution in [-0.2, 0) is 0 Å². The molecule has 0 bridgehead atoms. The van der Waals surface area contributed by atoms with Crippen molar-refractivity contribution in [3.8, 4) is 5.88 Å². The van der Waals surface area contributed by atoms with Gasteiger partial charge in [0.1, 0.15) is 5.60 Å². The number of pyridine rings is 1. The van der Waals surface area contributed by atoms with E-state index in [2.05, 4.69) is 17.2 Å². The van der Waals surface area contributed by atoms with E-state index in [1.807, 2.05) is 40.0 Å². The zero-order valence-electron chi connectivity index (χ0n) is 10.2. The first-order valence-corrected chi connectivity index (χ1v) is 5.25. The predicted octanol–water partition coefficient (Wildman–Crippen LogP) is 2.54. The lowest BCUT2D eigenvalue weighted by atomic mass is 10.1. The maximum atomic E-state index is 5.80. The molecule has 1 heterocycles. The van der Waals surface area contributed by atoms with Crippen LogP contribution in [0.15, 0.2) is 18.3 Å². The molecule has 3 nitrogen and oxygen atoms in total. The number of hydrogen-bond acceptors (Lipinski definition) is 3. The number of ether oxygens (including phenoxy) is 1. The van der Waals surface area contributed by atoms with Crippen LogP contribution in [0.1, 0.15) is 39.3 Å². The molecule has 3 heteroatoms. The van der Waals surface area contributed by atoms with Crippen LogP contribution in [-0.4, -0.2) is 17.6 Å². The third-order valence-corrected chi connectivity index (χ3v) is 2.10. The Morgan fingerprint density at radius 1 is 1.40 bits per heavy atom. The molecular formula is C12H20N2O. The Morgan fingerprint density at radius 3 is 2.60 bits per heavy atom. The second kappa shape index (κ2) is 4.62. The lowest BCUT2D eigenvalue weighted by Gasteiger charge is -2.23. The summed E-state index contributed by atoms with van der Waals surface area (Å²) in [4.78, 5) is 4.27. The number of aromatic nitrogens is 1. The SMILES string of the molecule is CNC(C)c1cccnc1OC(C)(C)C. The van der Waals surface area contributed by atoms with E-state index < -0.39 is 0 Å². The van der Waals surface area contributed by atoms with Crippen LogP contribution in [0.5, 0.6) is 5.88 Å². The number of hydrogen-bond donors (Lipinski definition) is 1. The fourth-order valence-corrected chi connectivity index (χ4v) is 1.26. The summed E-state index contributed by atoms with van der Waals surface area (Å²) in [6.07, 6.45) is 1.76. The standard InChI is InChI=1S/C12H20N2O/c1-9(13-5)10-7-6-8-14-11(10)15-12(2,3)4/h6-9,13H,1-5H3. The van der Waals surface area contributed by atoms with E-state index in [-0.39, 0.29) is 11.6 Å². The van der Waals surface area contributed by atoms with Gasteiger partial charge < -0.3 is 10.1 Å². The first-order valence-electron chi connectivity index (χ1n) is 5.25. The number of nitrogens with one attached hydrogen (secondary N) is 1. The van der Waals surface area contributed by atoms with Gasteiger partial charge in [0.25, 0.3) is 0 Å². The van der Waals surface area contributed by atoms with Gasteiger partial charge in [-0.3, -0.25) is 0 Å². The molecule has 1 rings (SSSR count). The van der Waals surface area contributed by atoms with Crippen LogP contribution in [0.4, 0.5) is 0 Å². The van der Waals surface area contributed by atoms with Crippen LogP contribution >= 0.6 is 0 Å². The van der Waals surface area contributed by atoms with Gasteiger partial charge in [0, 0.05) is 17.8 Å². The molecule has 0 saturated carbocycles. The van der Waals surface area contributed by atoms with Crippen molar-refractivity contribution in [1.29, 1.82) is 0 Å². The Morgan fingerprint density at radius 2 is 2.07 bits per heavy atom. The molecule has 0 aliphatic heterocycles. The second-order valence-electron chi connectivity index (χ2n) is 4.62. The summed E-state index contributed by atoms with van der Waals surface area (Å²) < 4.78 is 5.80. The molecule has 0 aliphatic carbocycles. The summed E-state index contributed by atoms with van der Waals surface area (Å²) in [6.45, 7) is 8.16. The molecule has 0 aliphatic rings. The molecule has 0 saturated heterocycles. The van der Waals surface area contributed by atoms with Gasteiger partial charge in [-0.15, -0.1) is 0 Å². The predicted molar refractivity (Wildman–Crippen MR) is 62.1 cm³/mol. The minimum absolute atomic E-state index is 0.212. The van der Waals surface area contributed by atoms with Crippen molar-refractivity contribution in [3.05, 3.63) is 23.9 Å². The van der Waals surface area contributed by atoms with Crippen molar-refractivity contribution in [3.63, 3.8) is 0 Å². The number of rotatable bonds is 3. The summed E-state index contributed by atoms with van der Waals surface area (Å²) in [7, 11) is 1.93. The zero-order valence-corrected chi connectivity index (χ0v) is 10.2. The maximum absolute atomic E-state index is 5.80. The van der Waals surface area contributed by atoms with E-state index in [1.165, 1.54) is 0 Å². The molecule has 0 spiro atoms. The van der Waals surface area contributed by atoms with Gasteiger partial charge in [-0.1, -0.05) is 6.07 Å². The molecule has 1 unspecified atom stereocenters. The zero-order chi connectivity index (χ0) is 11.5. The van der Waals surface area contributed by atoms with Crippen molar-refractivity contribution in [1.82, 2.24) is 10.3 Å². The first-order chi connectivity index (χ1) is 6.94. The highest BCUT2D eigenvalue weighted by atomic mass is 16.5. The van der Waals surface area contributed by atoms with Gasteiger partial charge in [-0.25, -0.2) is 4.98 Å². The van der Waals surface area contributed by atoms with Crippen molar-refractivity contribution in [2.75, 3.05) is 7.05 Å². The van der Waals surface area contributed by atoms with E-state index in [0.29, 0.717) is 5.88 Å². The Balaban J connectivity index is 2.96. The van der Waals surface area contributed by atoms with E-state index in [9.17, 15) is 0 Å². The highest BCUT2D eigenvalue weighted by Gasteiger charge is 2.17. The smallest absolute Gasteiger partial charge is 0.218 e. The largest absolute Gasteiger partial charge is 0.472 e. The van der Waals surface area contributed by atoms with Crippen LogP contribution < -0.4 is 10.1 Å². The highest BCUT2D eigenvalue weighted by molar-refractivity contribution is 5.28. The van der Waals surface area contributed by atoms with Gasteiger partial charge in [0.05, 0.1) is 0 Å². The molecule has 1 aromatic heterocycles. The molecule has 0 aromatic carbocycles. The molecule has 1 N–H and O–H groups in total.